The molecule has 0 aliphatic carbocycles. The van der Waals surface area contributed by atoms with E-state index in [1.54, 1.807) is 11.8 Å². The predicted octanol–water partition coefficient (Wildman–Crippen LogP) is 7.28. The van der Waals surface area contributed by atoms with Crippen molar-refractivity contribution in [3.05, 3.63) is 138 Å². The van der Waals surface area contributed by atoms with Gasteiger partial charge in [-0.1, -0.05) is 121 Å². The Morgan fingerprint density at radius 3 is 1.39 bits per heavy atom. The molecular weight excluding hydrogens is 492 g/mol. The van der Waals surface area contributed by atoms with Gasteiger partial charge in [0.2, 0.25) is 0 Å². The van der Waals surface area contributed by atoms with Gasteiger partial charge in [-0.2, -0.15) is 0 Å². The van der Waals surface area contributed by atoms with Crippen LogP contribution in [-0.2, 0) is 38.8 Å². The van der Waals surface area contributed by atoms with Crippen molar-refractivity contribution in [3.63, 3.8) is 0 Å². The maximum Gasteiger partial charge on any atom is 0.136 e. The molecule has 1 fully saturated rings. The van der Waals surface area contributed by atoms with Crippen LogP contribution >= 0.6 is 11.8 Å². The lowest BCUT2D eigenvalue weighted by Gasteiger charge is -2.45. The molecule has 4 aromatic rings. The average Bonchev–Trinajstić information content (AvgIpc) is 2.97. The second kappa shape index (κ2) is 13.7. The normalized spacial score (nSPS) is 23.2. The van der Waals surface area contributed by atoms with E-state index in [1.165, 1.54) is 0 Å². The smallest absolute Gasteiger partial charge is 0.136 e. The summed E-state index contributed by atoms with van der Waals surface area (Å²) in [6.45, 7) is 3.48. The largest absolute Gasteiger partial charge is 0.368 e. The monoisotopic (exact) mass is 526 g/mol. The Morgan fingerprint density at radius 2 is 0.921 bits per heavy atom. The van der Waals surface area contributed by atoms with E-state index in [1.807, 2.05) is 72.8 Å². The van der Waals surface area contributed by atoms with Crippen molar-refractivity contribution in [3.8, 4) is 0 Å². The van der Waals surface area contributed by atoms with Crippen LogP contribution < -0.4 is 0 Å². The Kier molecular flexibility index (Phi) is 9.64. The summed E-state index contributed by atoms with van der Waals surface area (Å²) < 4.78 is 26.4. The summed E-state index contributed by atoms with van der Waals surface area (Å²) in [6, 6.07) is 41.0. The topological polar surface area (TPSA) is 36.9 Å². The summed E-state index contributed by atoms with van der Waals surface area (Å²) in [6.07, 6.45) is -1.15. The van der Waals surface area contributed by atoms with E-state index >= 15 is 0 Å². The molecule has 0 N–H and O–H groups in total. The van der Waals surface area contributed by atoms with E-state index in [2.05, 4.69) is 55.5 Å². The molecule has 0 radical (unpaired) electrons. The molecule has 1 aliphatic rings. The molecule has 4 nitrogen and oxygen atoms in total. The van der Waals surface area contributed by atoms with Gasteiger partial charge >= 0.3 is 0 Å². The molecule has 0 unspecified atom stereocenters. The summed E-state index contributed by atoms with van der Waals surface area (Å²) >= 11 is 1.67. The fourth-order valence-electron chi connectivity index (χ4n) is 4.60. The first-order valence-electron chi connectivity index (χ1n) is 13.1. The molecule has 0 bridgehead atoms. The molecule has 38 heavy (non-hydrogen) atoms. The molecule has 5 atom stereocenters. The summed E-state index contributed by atoms with van der Waals surface area (Å²) in [5.74, 6) is 0. The highest BCUT2D eigenvalue weighted by atomic mass is 32.2. The van der Waals surface area contributed by atoms with Crippen molar-refractivity contribution in [2.45, 2.75) is 61.5 Å². The minimum absolute atomic E-state index is 0.183. The van der Waals surface area contributed by atoms with E-state index in [0.717, 1.165) is 21.6 Å². The zero-order valence-electron chi connectivity index (χ0n) is 21.6. The maximum atomic E-state index is 6.67. The lowest BCUT2D eigenvalue weighted by atomic mass is 9.99. The Bertz CT molecular complexity index is 1210. The van der Waals surface area contributed by atoms with E-state index in [4.69, 9.17) is 18.9 Å². The lowest BCUT2D eigenvalue weighted by Crippen LogP contribution is -2.58. The Labute approximate surface area is 229 Å². The number of thioether (sulfide) groups is 1. The Morgan fingerprint density at radius 1 is 0.526 bits per heavy atom. The first-order valence-corrected chi connectivity index (χ1v) is 14.0. The van der Waals surface area contributed by atoms with Crippen LogP contribution in [0.1, 0.15) is 23.6 Å². The third-order valence-corrected chi connectivity index (χ3v) is 7.73. The van der Waals surface area contributed by atoms with Crippen LogP contribution in [-0.4, -0.2) is 29.9 Å². The second-order valence-corrected chi connectivity index (χ2v) is 10.6. The SMILES string of the molecule is C[C@@H]1O[C@H](Sc2ccccc2)[C@H](OCc2ccccc2)[C@H](OCc2ccccc2)[C@H]1OCc1ccccc1. The maximum absolute atomic E-state index is 6.67. The number of benzene rings is 4. The van der Waals surface area contributed by atoms with Crippen LogP contribution in [0.2, 0.25) is 0 Å². The summed E-state index contributed by atoms with van der Waals surface area (Å²) in [5.41, 5.74) is 3.08. The molecule has 1 heterocycles. The van der Waals surface area contributed by atoms with Gasteiger partial charge < -0.3 is 18.9 Å². The highest BCUT2D eigenvalue weighted by Crippen LogP contribution is 2.38. The van der Waals surface area contributed by atoms with Gasteiger partial charge in [-0.15, -0.1) is 0 Å². The van der Waals surface area contributed by atoms with Gasteiger partial charge in [-0.05, 0) is 35.7 Å². The van der Waals surface area contributed by atoms with Crippen molar-refractivity contribution in [1.29, 1.82) is 0 Å². The molecule has 0 amide bonds. The molecule has 4 aromatic carbocycles. The lowest BCUT2D eigenvalue weighted by molar-refractivity contribution is -0.242. The standard InChI is InChI=1S/C33H34O4S/c1-25-30(34-22-26-14-6-2-7-15-26)31(35-23-27-16-8-3-9-17-27)32(36-24-28-18-10-4-11-19-28)33(37-25)38-29-20-12-5-13-21-29/h2-21,25,30-33H,22-24H2,1H3/t25-,30-,31+,32+,33+/m0/s1. The van der Waals surface area contributed by atoms with Gasteiger partial charge in [0.15, 0.2) is 0 Å². The molecule has 1 aliphatic heterocycles. The Hall–Kier alpha value is -2.93. The van der Waals surface area contributed by atoms with Crippen LogP contribution in [0, 0.1) is 0 Å². The van der Waals surface area contributed by atoms with Gasteiger partial charge in [0.1, 0.15) is 23.7 Å². The molecule has 196 valence electrons. The summed E-state index contributed by atoms with van der Waals surface area (Å²) in [5, 5.41) is 0. The fourth-order valence-corrected chi connectivity index (χ4v) is 5.78. The number of hydrogen-bond acceptors (Lipinski definition) is 5. The molecule has 5 heteroatoms. The van der Waals surface area contributed by atoms with Crippen molar-refractivity contribution < 1.29 is 18.9 Å². The quantitative estimate of drug-likeness (QED) is 0.205. The van der Waals surface area contributed by atoms with E-state index in [-0.39, 0.29) is 29.9 Å². The van der Waals surface area contributed by atoms with Crippen LogP contribution in [0.15, 0.2) is 126 Å². The van der Waals surface area contributed by atoms with E-state index < -0.39 is 0 Å². The van der Waals surface area contributed by atoms with Crippen LogP contribution in [0.25, 0.3) is 0 Å². The van der Waals surface area contributed by atoms with Gasteiger partial charge in [0.05, 0.1) is 25.9 Å². The third-order valence-electron chi connectivity index (χ3n) is 6.58. The predicted molar refractivity (Wildman–Crippen MR) is 152 cm³/mol. The highest BCUT2D eigenvalue weighted by molar-refractivity contribution is 7.99. The van der Waals surface area contributed by atoms with Crippen molar-refractivity contribution in [2.24, 2.45) is 0 Å². The molecule has 0 spiro atoms. The van der Waals surface area contributed by atoms with Gasteiger partial charge in [0, 0.05) is 4.90 Å². The number of hydrogen-bond donors (Lipinski definition) is 0. The van der Waals surface area contributed by atoms with E-state index in [0.29, 0.717) is 19.8 Å². The highest BCUT2D eigenvalue weighted by Gasteiger charge is 2.47. The zero-order chi connectivity index (χ0) is 26.0. The number of rotatable bonds is 11. The van der Waals surface area contributed by atoms with Crippen LogP contribution in [0.4, 0.5) is 0 Å². The van der Waals surface area contributed by atoms with E-state index in [9.17, 15) is 0 Å². The first kappa shape index (κ1) is 26.7. The van der Waals surface area contributed by atoms with Gasteiger partial charge in [-0.25, -0.2) is 0 Å². The molecular formula is C33H34O4S. The zero-order valence-corrected chi connectivity index (χ0v) is 22.4. The van der Waals surface area contributed by atoms with Crippen molar-refractivity contribution in [2.75, 3.05) is 0 Å². The first-order chi connectivity index (χ1) is 18.8. The third kappa shape index (κ3) is 7.34. The Balaban J connectivity index is 1.41. The summed E-state index contributed by atoms with van der Waals surface area (Å²) in [4.78, 5) is 1.13. The minimum Gasteiger partial charge on any atom is -0.368 e. The van der Waals surface area contributed by atoms with Crippen LogP contribution in [0.3, 0.4) is 0 Å². The second-order valence-electron chi connectivity index (χ2n) is 9.42. The van der Waals surface area contributed by atoms with Crippen LogP contribution in [0.5, 0.6) is 0 Å². The summed E-state index contributed by atoms with van der Waals surface area (Å²) in [7, 11) is 0. The van der Waals surface area contributed by atoms with Gasteiger partial charge in [0.25, 0.3) is 0 Å². The van der Waals surface area contributed by atoms with Crippen molar-refractivity contribution >= 4 is 11.8 Å². The van der Waals surface area contributed by atoms with Crippen molar-refractivity contribution in [1.82, 2.24) is 0 Å². The molecule has 5 rings (SSSR count). The molecule has 1 saturated heterocycles. The average molecular weight is 527 g/mol. The molecule has 0 aromatic heterocycles. The number of ether oxygens (including phenoxy) is 4. The minimum atomic E-state index is -0.346. The molecule has 0 saturated carbocycles. The van der Waals surface area contributed by atoms with Gasteiger partial charge in [-0.3, -0.25) is 0 Å². The fraction of sp³-hybridized carbons (Fsp3) is 0.273.